The number of hydrazine groups is 1. The third-order valence-corrected chi connectivity index (χ3v) is 8.60. The summed E-state index contributed by atoms with van der Waals surface area (Å²) in [6, 6.07) is 3.53. The van der Waals surface area contributed by atoms with Gasteiger partial charge in [0.2, 0.25) is 10.0 Å². The average Bonchev–Trinajstić information content (AvgIpc) is 3.15. The lowest BCUT2D eigenvalue weighted by Crippen LogP contribution is -2.53. The molecule has 1 unspecified atom stereocenters. The Morgan fingerprint density at radius 3 is 2.06 bits per heavy atom. The molecule has 0 aromatic heterocycles. The fourth-order valence-corrected chi connectivity index (χ4v) is 7.06. The SMILES string of the molecule is COC(=O)C1=C(NC2CCCCC2)N(S(C)(=O)=O)N(S(=O)(=O)c2ccc(C)cc2)C1C(=O)OC. The first-order valence-corrected chi connectivity index (χ1v) is 14.0. The zero-order valence-corrected chi connectivity index (χ0v) is 21.1. The second-order valence-corrected chi connectivity index (χ2v) is 11.9. The van der Waals surface area contributed by atoms with Crippen LogP contribution in [0.4, 0.5) is 0 Å². The standard InChI is InChI=1S/C21H29N3O8S2/c1-14-10-12-16(13-11-14)34(29,30)23-18(21(26)32-3)17(20(25)31-2)19(24(23)33(4,27)28)22-15-8-6-5-7-9-15/h10-13,15,18,22H,5-9H2,1-4H3. The number of rotatable bonds is 7. The van der Waals surface area contributed by atoms with Crippen molar-refractivity contribution in [3.63, 3.8) is 0 Å². The minimum Gasteiger partial charge on any atom is -0.468 e. The van der Waals surface area contributed by atoms with E-state index in [9.17, 15) is 26.4 Å². The largest absolute Gasteiger partial charge is 0.468 e. The summed E-state index contributed by atoms with van der Waals surface area (Å²) >= 11 is 0. The summed E-state index contributed by atoms with van der Waals surface area (Å²) in [5.41, 5.74) is 0.318. The van der Waals surface area contributed by atoms with E-state index in [2.05, 4.69) is 5.32 Å². The summed E-state index contributed by atoms with van der Waals surface area (Å²) in [6.45, 7) is 1.76. The van der Waals surface area contributed by atoms with Crippen LogP contribution < -0.4 is 5.32 Å². The molecule has 1 aliphatic heterocycles. The quantitative estimate of drug-likeness (QED) is 0.527. The van der Waals surface area contributed by atoms with E-state index in [-0.39, 0.29) is 16.8 Å². The molecular formula is C21H29N3O8S2. The van der Waals surface area contributed by atoms with Crippen LogP contribution in [0.5, 0.6) is 0 Å². The van der Waals surface area contributed by atoms with Gasteiger partial charge >= 0.3 is 11.9 Å². The number of ether oxygens (including phenoxy) is 2. The van der Waals surface area contributed by atoms with Crippen molar-refractivity contribution in [2.45, 2.75) is 56.0 Å². The van der Waals surface area contributed by atoms with Crippen molar-refractivity contribution in [2.24, 2.45) is 0 Å². The lowest BCUT2D eigenvalue weighted by atomic mass is 9.95. The molecule has 1 saturated carbocycles. The highest BCUT2D eigenvalue weighted by Gasteiger charge is 2.56. The Balaban J connectivity index is 2.27. The first-order chi connectivity index (χ1) is 15.9. The lowest BCUT2D eigenvalue weighted by molar-refractivity contribution is -0.147. The van der Waals surface area contributed by atoms with E-state index in [0.717, 1.165) is 45.3 Å². The molecule has 2 aliphatic rings. The van der Waals surface area contributed by atoms with Gasteiger partial charge in [-0.25, -0.2) is 26.4 Å². The normalized spacial score (nSPS) is 20.4. The van der Waals surface area contributed by atoms with Crippen molar-refractivity contribution >= 4 is 32.0 Å². The van der Waals surface area contributed by atoms with Gasteiger partial charge in [-0.05, 0) is 31.9 Å². The van der Waals surface area contributed by atoms with E-state index >= 15 is 0 Å². The van der Waals surface area contributed by atoms with Crippen molar-refractivity contribution in [3.05, 3.63) is 41.2 Å². The molecule has 1 fully saturated rings. The molecule has 0 amide bonds. The minimum atomic E-state index is -4.65. The van der Waals surface area contributed by atoms with Gasteiger partial charge in [0.15, 0.2) is 6.04 Å². The second-order valence-electron chi connectivity index (χ2n) is 8.26. The first kappa shape index (κ1) is 26.0. The Kier molecular flexibility index (Phi) is 7.58. The fourth-order valence-electron chi connectivity index (χ4n) is 4.12. The molecule has 1 aromatic rings. The van der Waals surface area contributed by atoms with Gasteiger partial charge < -0.3 is 14.8 Å². The molecule has 1 aliphatic carbocycles. The third kappa shape index (κ3) is 4.91. The van der Waals surface area contributed by atoms with Gasteiger partial charge in [-0.1, -0.05) is 41.4 Å². The molecule has 13 heteroatoms. The van der Waals surface area contributed by atoms with Crippen LogP contribution in [0.2, 0.25) is 0 Å². The van der Waals surface area contributed by atoms with Gasteiger partial charge in [0.05, 0.1) is 25.4 Å². The van der Waals surface area contributed by atoms with Crippen molar-refractivity contribution in [1.82, 2.24) is 14.1 Å². The van der Waals surface area contributed by atoms with Crippen LogP contribution in [0.3, 0.4) is 0 Å². The van der Waals surface area contributed by atoms with Crippen LogP contribution in [0.1, 0.15) is 37.7 Å². The Bertz CT molecular complexity index is 1190. The smallest absolute Gasteiger partial charge is 0.339 e. The number of hydrogen-bond acceptors (Lipinski definition) is 9. The summed E-state index contributed by atoms with van der Waals surface area (Å²) in [5, 5.41) is 3.02. The maximum Gasteiger partial charge on any atom is 0.339 e. The number of nitrogens with zero attached hydrogens (tertiary/aromatic N) is 2. The molecule has 11 nitrogen and oxygen atoms in total. The number of methoxy groups -OCH3 is 2. The van der Waals surface area contributed by atoms with Gasteiger partial charge in [-0.15, -0.1) is 0 Å². The molecule has 0 spiro atoms. The molecule has 1 heterocycles. The number of sulfonamides is 2. The molecule has 0 saturated heterocycles. The van der Waals surface area contributed by atoms with Crippen molar-refractivity contribution in [3.8, 4) is 0 Å². The maximum atomic E-state index is 13.7. The van der Waals surface area contributed by atoms with Crippen LogP contribution in [0.25, 0.3) is 0 Å². The first-order valence-electron chi connectivity index (χ1n) is 10.7. The predicted molar refractivity (Wildman–Crippen MR) is 122 cm³/mol. The van der Waals surface area contributed by atoms with E-state index in [1.807, 2.05) is 0 Å². The molecule has 1 atom stereocenters. The summed E-state index contributed by atoms with van der Waals surface area (Å²) in [5.74, 6) is -2.51. The highest BCUT2D eigenvalue weighted by Crippen LogP contribution is 2.37. The van der Waals surface area contributed by atoms with E-state index in [0.29, 0.717) is 21.7 Å². The lowest BCUT2D eigenvalue weighted by Gasteiger charge is -2.33. The number of nitrogens with one attached hydrogen (secondary N) is 1. The number of carbonyl (C=O) groups excluding carboxylic acids is 2. The average molecular weight is 516 g/mol. The summed E-state index contributed by atoms with van der Waals surface area (Å²) in [6.07, 6.45) is 4.93. The monoisotopic (exact) mass is 515 g/mol. The number of hydrogen-bond donors (Lipinski definition) is 1. The van der Waals surface area contributed by atoms with Crippen molar-refractivity contribution in [1.29, 1.82) is 0 Å². The van der Waals surface area contributed by atoms with Gasteiger partial charge in [0, 0.05) is 6.04 Å². The minimum absolute atomic E-state index is 0.229. The summed E-state index contributed by atoms with van der Waals surface area (Å²) in [7, 11) is -6.93. The van der Waals surface area contributed by atoms with Crippen LogP contribution in [0, 0.1) is 6.92 Å². The van der Waals surface area contributed by atoms with E-state index in [1.165, 1.54) is 24.3 Å². The molecule has 3 rings (SSSR count). The predicted octanol–water partition coefficient (Wildman–Crippen LogP) is 1.02. The Hall–Kier alpha value is -2.64. The fraction of sp³-hybridized carbons (Fsp3) is 0.524. The number of aryl methyl sites for hydroxylation is 1. The Labute approximate surface area is 199 Å². The van der Waals surface area contributed by atoms with Gasteiger partial charge in [-0.3, -0.25) is 0 Å². The van der Waals surface area contributed by atoms with Crippen molar-refractivity contribution in [2.75, 3.05) is 20.5 Å². The van der Waals surface area contributed by atoms with E-state index in [4.69, 9.17) is 9.47 Å². The molecule has 1 N–H and O–H groups in total. The second kappa shape index (κ2) is 9.92. The highest BCUT2D eigenvalue weighted by atomic mass is 32.2. The Morgan fingerprint density at radius 2 is 1.56 bits per heavy atom. The van der Waals surface area contributed by atoms with Gasteiger partial charge in [0.1, 0.15) is 11.4 Å². The zero-order chi connectivity index (χ0) is 25.3. The molecule has 1 aromatic carbocycles. The van der Waals surface area contributed by atoms with Crippen LogP contribution in [0.15, 0.2) is 40.6 Å². The maximum absolute atomic E-state index is 13.7. The topological polar surface area (TPSA) is 139 Å². The molecule has 34 heavy (non-hydrogen) atoms. The number of carbonyl (C=O) groups is 2. The third-order valence-electron chi connectivity index (χ3n) is 5.77. The van der Waals surface area contributed by atoms with Crippen molar-refractivity contribution < 1.29 is 35.9 Å². The molecule has 0 radical (unpaired) electrons. The van der Waals surface area contributed by atoms with Crippen LogP contribution in [-0.4, -0.2) is 70.2 Å². The molecule has 188 valence electrons. The van der Waals surface area contributed by atoms with Gasteiger partial charge in [-0.2, -0.15) is 4.41 Å². The number of benzene rings is 1. The highest BCUT2D eigenvalue weighted by molar-refractivity contribution is 7.91. The summed E-state index contributed by atoms with van der Waals surface area (Å²) < 4.78 is 63.9. The molecule has 0 bridgehead atoms. The summed E-state index contributed by atoms with van der Waals surface area (Å²) in [4.78, 5) is 25.5. The zero-order valence-electron chi connectivity index (χ0n) is 19.5. The van der Waals surface area contributed by atoms with Gasteiger partial charge in [0.25, 0.3) is 10.0 Å². The Morgan fingerprint density at radius 1 is 0.971 bits per heavy atom. The van der Waals surface area contributed by atoms with Crippen LogP contribution >= 0.6 is 0 Å². The molecular weight excluding hydrogens is 486 g/mol. The van der Waals surface area contributed by atoms with E-state index in [1.54, 1.807) is 6.92 Å². The number of esters is 2. The van der Waals surface area contributed by atoms with Crippen LogP contribution in [-0.2, 0) is 39.1 Å². The van der Waals surface area contributed by atoms with E-state index < -0.39 is 43.6 Å².